The van der Waals surface area contributed by atoms with Crippen LogP contribution in [0.1, 0.15) is 23.2 Å². The number of anilines is 1. The number of carbonyl (C=O) groups is 2. The van der Waals surface area contributed by atoms with E-state index in [0.29, 0.717) is 31.7 Å². The van der Waals surface area contributed by atoms with Crippen molar-refractivity contribution in [3.05, 3.63) is 29.8 Å². The number of nitrogens with one attached hydrogen (secondary N) is 1. The number of benzene rings is 1. The van der Waals surface area contributed by atoms with Gasteiger partial charge in [0.15, 0.2) is 0 Å². The molecule has 0 spiro atoms. The van der Waals surface area contributed by atoms with E-state index in [4.69, 9.17) is 5.73 Å². The average molecular weight is 288 g/mol. The maximum absolute atomic E-state index is 12.5. The third-order valence-electron chi connectivity index (χ3n) is 4.00. The van der Waals surface area contributed by atoms with Gasteiger partial charge in [-0.25, -0.2) is 4.79 Å². The van der Waals surface area contributed by atoms with Gasteiger partial charge in [-0.1, -0.05) is 6.07 Å². The highest BCUT2D eigenvalue weighted by molar-refractivity contribution is 5.98. The van der Waals surface area contributed by atoms with E-state index in [1.54, 1.807) is 21.9 Å². The molecule has 6 heteroatoms. The fourth-order valence-electron chi connectivity index (χ4n) is 2.84. The first-order valence-electron chi connectivity index (χ1n) is 7.35. The zero-order valence-electron chi connectivity index (χ0n) is 11.9. The lowest BCUT2D eigenvalue weighted by Gasteiger charge is -2.28. The smallest absolute Gasteiger partial charge is 0.321 e. The Bertz CT molecular complexity index is 560. The Labute approximate surface area is 123 Å². The molecule has 2 heterocycles. The molecule has 1 atom stereocenters. The maximum Gasteiger partial charge on any atom is 0.321 e. The Hall–Kier alpha value is -2.08. The second-order valence-electron chi connectivity index (χ2n) is 5.59. The van der Waals surface area contributed by atoms with Gasteiger partial charge in [0.25, 0.3) is 5.91 Å². The SMILES string of the molecule is N[C@H]1CCN(C(=O)c2cccc(N3CCCNC3=O)c2)C1. The predicted octanol–water partition coefficient (Wildman–Crippen LogP) is 0.779. The van der Waals surface area contributed by atoms with E-state index >= 15 is 0 Å². The summed E-state index contributed by atoms with van der Waals surface area (Å²) in [6.45, 7) is 2.69. The summed E-state index contributed by atoms with van der Waals surface area (Å²) in [7, 11) is 0. The van der Waals surface area contributed by atoms with Crippen LogP contribution in [0.4, 0.5) is 10.5 Å². The minimum absolute atomic E-state index is 0.0118. The van der Waals surface area contributed by atoms with Crippen molar-refractivity contribution in [2.24, 2.45) is 5.73 Å². The summed E-state index contributed by atoms with van der Waals surface area (Å²) in [6.07, 6.45) is 1.75. The number of hydrogen-bond acceptors (Lipinski definition) is 3. The van der Waals surface area contributed by atoms with Crippen LogP contribution in [0.15, 0.2) is 24.3 Å². The molecule has 1 aromatic rings. The summed E-state index contributed by atoms with van der Waals surface area (Å²) in [5.41, 5.74) is 7.23. The van der Waals surface area contributed by atoms with E-state index in [0.717, 1.165) is 18.5 Å². The molecule has 3 N–H and O–H groups in total. The molecule has 112 valence electrons. The Morgan fingerprint density at radius 1 is 1.33 bits per heavy atom. The van der Waals surface area contributed by atoms with Crippen molar-refractivity contribution in [3.63, 3.8) is 0 Å². The number of rotatable bonds is 2. The topological polar surface area (TPSA) is 78.7 Å². The number of likely N-dealkylation sites (tertiary alicyclic amines) is 1. The number of nitrogens with zero attached hydrogens (tertiary/aromatic N) is 2. The van der Waals surface area contributed by atoms with Crippen molar-refractivity contribution in [1.29, 1.82) is 0 Å². The molecule has 0 unspecified atom stereocenters. The van der Waals surface area contributed by atoms with Gasteiger partial charge < -0.3 is 16.0 Å². The van der Waals surface area contributed by atoms with Gasteiger partial charge in [0, 0.05) is 43.5 Å². The van der Waals surface area contributed by atoms with Gasteiger partial charge in [0.05, 0.1) is 0 Å². The van der Waals surface area contributed by atoms with Gasteiger partial charge in [0.2, 0.25) is 0 Å². The molecule has 2 fully saturated rings. The second-order valence-corrected chi connectivity index (χ2v) is 5.59. The Morgan fingerprint density at radius 3 is 2.90 bits per heavy atom. The van der Waals surface area contributed by atoms with Crippen LogP contribution in [0.3, 0.4) is 0 Å². The Balaban J connectivity index is 1.79. The highest BCUT2D eigenvalue weighted by atomic mass is 16.2. The standard InChI is InChI=1S/C15H20N4O2/c16-12-5-8-18(10-12)14(20)11-3-1-4-13(9-11)19-7-2-6-17-15(19)21/h1,3-4,9,12H,2,5-8,10,16H2,(H,17,21)/t12-/m0/s1. The van der Waals surface area contributed by atoms with E-state index in [1.165, 1.54) is 0 Å². The molecule has 0 bridgehead atoms. The Kier molecular flexibility index (Phi) is 3.79. The quantitative estimate of drug-likeness (QED) is 0.844. The highest BCUT2D eigenvalue weighted by Gasteiger charge is 2.25. The zero-order valence-corrected chi connectivity index (χ0v) is 11.9. The lowest BCUT2D eigenvalue weighted by molar-refractivity contribution is 0.0791. The summed E-state index contributed by atoms with van der Waals surface area (Å²) in [4.78, 5) is 27.8. The van der Waals surface area contributed by atoms with Crippen molar-refractivity contribution in [2.45, 2.75) is 18.9 Å². The summed E-state index contributed by atoms with van der Waals surface area (Å²) in [6, 6.07) is 7.23. The summed E-state index contributed by atoms with van der Waals surface area (Å²) in [5.74, 6) is -0.0118. The molecule has 2 aliphatic rings. The molecular weight excluding hydrogens is 268 g/mol. The number of urea groups is 1. The highest BCUT2D eigenvalue weighted by Crippen LogP contribution is 2.20. The fraction of sp³-hybridized carbons (Fsp3) is 0.467. The lowest BCUT2D eigenvalue weighted by atomic mass is 10.1. The minimum atomic E-state index is -0.103. The van der Waals surface area contributed by atoms with Gasteiger partial charge in [-0.3, -0.25) is 9.69 Å². The first-order chi connectivity index (χ1) is 10.1. The maximum atomic E-state index is 12.5. The molecule has 21 heavy (non-hydrogen) atoms. The van der Waals surface area contributed by atoms with Gasteiger partial charge in [-0.2, -0.15) is 0 Å². The predicted molar refractivity (Wildman–Crippen MR) is 80.3 cm³/mol. The van der Waals surface area contributed by atoms with Crippen LogP contribution in [-0.2, 0) is 0 Å². The summed E-state index contributed by atoms with van der Waals surface area (Å²) >= 11 is 0. The molecule has 1 aromatic carbocycles. The van der Waals surface area contributed by atoms with E-state index < -0.39 is 0 Å². The lowest BCUT2D eigenvalue weighted by Crippen LogP contribution is -2.46. The molecule has 0 aromatic heterocycles. The first-order valence-corrected chi connectivity index (χ1v) is 7.35. The van der Waals surface area contributed by atoms with Crippen molar-refractivity contribution in [3.8, 4) is 0 Å². The summed E-state index contributed by atoms with van der Waals surface area (Å²) < 4.78 is 0. The third kappa shape index (κ3) is 2.85. The van der Waals surface area contributed by atoms with E-state index in [9.17, 15) is 9.59 Å². The first kappa shape index (κ1) is 13.9. The van der Waals surface area contributed by atoms with Crippen LogP contribution in [0, 0.1) is 0 Å². The molecule has 6 nitrogen and oxygen atoms in total. The van der Waals surface area contributed by atoms with E-state index in [-0.39, 0.29) is 18.0 Å². The molecule has 3 amide bonds. The van der Waals surface area contributed by atoms with Crippen molar-refractivity contribution in [1.82, 2.24) is 10.2 Å². The van der Waals surface area contributed by atoms with Crippen molar-refractivity contribution >= 4 is 17.6 Å². The van der Waals surface area contributed by atoms with Gasteiger partial charge in [-0.15, -0.1) is 0 Å². The van der Waals surface area contributed by atoms with Gasteiger partial charge >= 0.3 is 6.03 Å². The monoisotopic (exact) mass is 288 g/mol. The van der Waals surface area contributed by atoms with Crippen LogP contribution in [0.2, 0.25) is 0 Å². The van der Waals surface area contributed by atoms with Gasteiger partial charge in [-0.05, 0) is 31.0 Å². The number of hydrogen-bond donors (Lipinski definition) is 2. The molecule has 2 saturated heterocycles. The van der Waals surface area contributed by atoms with Crippen LogP contribution in [0.5, 0.6) is 0 Å². The van der Waals surface area contributed by atoms with Crippen molar-refractivity contribution < 1.29 is 9.59 Å². The number of nitrogens with two attached hydrogens (primary N) is 1. The van der Waals surface area contributed by atoms with Crippen LogP contribution in [-0.4, -0.2) is 49.1 Å². The molecule has 3 rings (SSSR count). The average Bonchev–Trinajstić information content (AvgIpc) is 2.94. The van der Waals surface area contributed by atoms with Gasteiger partial charge in [0.1, 0.15) is 0 Å². The van der Waals surface area contributed by atoms with Crippen molar-refractivity contribution in [2.75, 3.05) is 31.1 Å². The molecular formula is C15H20N4O2. The molecule has 0 aliphatic carbocycles. The fourth-order valence-corrected chi connectivity index (χ4v) is 2.84. The molecule has 0 radical (unpaired) electrons. The minimum Gasteiger partial charge on any atom is -0.338 e. The van der Waals surface area contributed by atoms with E-state index in [1.807, 2.05) is 12.1 Å². The second kappa shape index (κ2) is 5.73. The molecule has 2 aliphatic heterocycles. The molecule has 0 saturated carbocycles. The largest absolute Gasteiger partial charge is 0.338 e. The third-order valence-corrected chi connectivity index (χ3v) is 4.00. The van der Waals surface area contributed by atoms with Crippen LogP contribution < -0.4 is 16.0 Å². The van der Waals surface area contributed by atoms with Crippen LogP contribution >= 0.6 is 0 Å². The number of carbonyl (C=O) groups excluding carboxylic acids is 2. The van der Waals surface area contributed by atoms with Crippen LogP contribution in [0.25, 0.3) is 0 Å². The normalized spacial score (nSPS) is 22.3. The zero-order chi connectivity index (χ0) is 14.8. The number of amides is 3. The van der Waals surface area contributed by atoms with E-state index in [2.05, 4.69) is 5.32 Å². The Morgan fingerprint density at radius 2 is 2.19 bits per heavy atom. The summed E-state index contributed by atoms with van der Waals surface area (Å²) in [5, 5.41) is 2.82.